The van der Waals surface area contributed by atoms with Gasteiger partial charge in [0.05, 0.1) is 40.3 Å². The first-order valence-electron chi connectivity index (χ1n) is 11.5. The van der Waals surface area contributed by atoms with E-state index in [-0.39, 0.29) is 38.0 Å². The molecule has 0 atom stereocenters. The highest BCUT2D eigenvalue weighted by Crippen LogP contribution is 2.43. The van der Waals surface area contributed by atoms with Crippen LogP contribution in [-0.2, 0) is 25.5 Å². The Morgan fingerprint density at radius 1 is 0.727 bits per heavy atom. The average molecular weight is 453 g/mol. The summed E-state index contributed by atoms with van der Waals surface area (Å²) in [5.74, 6) is 0.809. The zero-order valence-corrected chi connectivity index (χ0v) is 19.6. The SMILES string of the molecule is CCCCCc1ccc2c(OCCC(=O)OC)c3ccccc3c(OCCC(=O)OC)c2c1. The van der Waals surface area contributed by atoms with Gasteiger partial charge in [-0.05, 0) is 24.5 Å². The van der Waals surface area contributed by atoms with Crippen molar-refractivity contribution in [2.75, 3.05) is 27.4 Å². The molecular formula is C27H32O6. The number of unbranched alkanes of at least 4 members (excludes halogenated alkanes) is 2. The van der Waals surface area contributed by atoms with Gasteiger partial charge in [-0.3, -0.25) is 9.59 Å². The summed E-state index contributed by atoms with van der Waals surface area (Å²) in [7, 11) is 2.74. The minimum atomic E-state index is -0.315. The Bertz CT molecular complexity index is 1100. The highest BCUT2D eigenvalue weighted by Gasteiger charge is 2.17. The highest BCUT2D eigenvalue weighted by atomic mass is 16.5. The van der Waals surface area contributed by atoms with Crippen LogP contribution in [0.1, 0.15) is 44.6 Å². The van der Waals surface area contributed by atoms with Gasteiger partial charge in [0.15, 0.2) is 0 Å². The number of methoxy groups -OCH3 is 2. The largest absolute Gasteiger partial charge is 0.492 e. The molecule has 0 spiro atoms. The highest BCUT2D eigenvalue weighted by molar-refractivity contribution is 6.11. The van der Waals surface area contributed by atoms with Crippen LogP contribution in [0.4, 0.5) is 0 Å². The van der Waals surface area contributed by atoms with E-state index in [0.717, 1.165) is 46.6 Å². The number of aryl methyl sites for hydroxylation is 1. The second kappa shape index (κ2) is 12.1. The van der Waals surface area contributed by atoms with E-state index in [1.54, 1.807) is 0 Å². The fourth-order valence-corrected chi connectivity index (χ4v) is 3.87. The fourth-order valence-electron chi connectivity index (χ4n) is 3.87. The Morgan fingerprint density at radius 3 is 1.82 bits per heavy atom. The first kappa shape index (κ1) is 24.4. The molecule has 0 unspecified atom stereocenters. The van der Waals surface area contributed by atoms with Gasteiger partial charge in [0.2, 0.25) is 0 Å². The van der Waals surface area contributed by atoms with Gasteiger partial charge in [0.1, 0.15) is 11.5 Å². The van der Waals surface area contributed by atoms with Gasteiger partial charge in [-0.1, -0.05) is 56.2 Å². The van der Waals surface area contributed by atoms with E-state index in [0.29, 0.717) is 5.75 Å². The molecule has 0 N–H and O–H groups in total. The van der Waals surface area contributed by atoms with Crippen molar-refractivity contribution in [3.8, 4) is 11.5 Å². The van der Waals surface area contributed by atoms with Crippen LogP contribution in [0, 0.1) is 0 Å². The molecule has 3 aromatic carbocycles. The molecule has 6 heteroatoms. The van der Waals surface area contributed by atoms with Crippen LogP contribution in [0.2, 0.25) is 0 Å². The lowest BCUT2D eigenvalue weighted by Gasteiger charge is -2.18. The van der Waals surface area contributed by atoms with Crippen molar-refractivity contribution in [1.29, 1.82) is 0 Å². The van der Waals surface area contributed by atoms with Crippen molar-refractivity contribution in [2.45, 2.75) is 45.4 Å². The van der Waals surface area contributed by atoms with E-state index >= 15 is 0 Å². The van der Waals surface area contributed by atoms with Gasteiger partial charge in [-0.15, -0.1) is 0 Å². The average Bonchev–Trinajstić information content (AvgIpc) is 2.84. The van der Waals surface area contributed by atoms with Crippen molar-refractivity contribution in [3.05, 3.63) is 48.0 Å². The van der Waals surface area contributed by atoms with Crippen molar-refractivity contribution < 1.29 is 28.5 Å². The maximum atomic E-state index is 11.6. The minimum Gasteiger partial charge on any atom is -0.492 e. The molecule has 176 valence electrons. The number of benzene rings is 3. The molecule has 0 amide bonds. The summed E-state index contributed by atoms with van der Waals surface area (Å²) in [5.41, 5.74) is 1.23. The molecule has 0 aromatic heterocycles. The van der Waals surface area contributed by atoms with Gasteiger partial charge in [0, 0.05) is 21.5 Å². The zero-order chi connectivity index (χ0) is 23.6. The maximum Gasteiger partial charge on any atom is 0.308 e. The molecule has 0 saturated heterocycles. The van der Waals surface area contributed by atoms with Gasteiger partial charge in [-0.2, -0.15) is 0 Å². The standard InChI is InChI=1S/C27H32O6/c1-4-5-6-9-19-12-13-22-23(18-19)27(33-17-15-25(29)31-3)21-11-8-7-10-20(21)26(22)32-16-14-24(28)30-2/h7-8,10-13,18H,4-6,9,14-17H2,1-3H3. The van der Waals surface area contributed by atoms with Crippen molar-refractivity contribution >= 4 is 33.5 Å². The van der Waals surface area contributed by atoms with Crippen LogP contribution >= 0.6 is 0 Å². The number of carbonyl (C=O) groups excluding carboxylic acids is 2. The van der Waals surface area contributed by atoms with Gasteiger partial charge in [0.25, 0.3) is 0 Å². The number of hydrogen-bond acceptors (Lipinski definition) is 6. The molecular weight excluding hydrogens is 420 g/mol. The molecule has 0 aliphatic carbocycles. The zero-order valence-electron chi connectivity index (χ0n) is 19.6. The van der Waals surface area contributed by atoms with E-state index in [9.17, 15) is 9.59 Å². The summed E-state index contributed by atoms with van der Waals surface area (Å²) < 4.78 is 21.8. The summed E-state index contributed by atoms with van der Waals surface area (Å²) in [6.45, 7) is 2.62. The Kier molecular flexibility index (Phi) is 8.93. The summed E-state index contributed by atoms with van der Waals surface area (Å²) in [4.78, 5) is 23.2. The summed E-state index contributed by atoms with van der Waals surface area (Å²) >= 11 is 0. The lowest BCUT2D eigenvalue weighted by atomic mass is 9.97. The van der Waals surface area contributed by atoms with Gasteiger partial charge < -0.3 is 18.9 Å². The topological polar surface area (TPSA) is 71.1 Å². The normalized spacial score (nSPS) is 10.9. The molecule has 0 fully saturated rings. The fraction of sp³-hybridized carbons (Fsp3) is 0.407. The van der Waals surface area contributed by atoms with Crippen LogP contribution in [0.15, 0.2) is 42.5 Å². The maximum absolute atomic E-state index is 11.6. The number of ether oxygens (including phenoxy) is 4. The molecule has 0 radical (unpaired) electrons. The number of esters is 2. The van der Waals surface area contributed by atoms with Crippen LogP contribution < -0.4 is 9.47 Å². The van der Waals surface area contributed by atoms with Crippen LogP contribution in [0.5, 0.6) is 11.5 Å². The lowest BCUT2D eigenvalue weighted by molar-refractivity contribution is -0.142. The lowest BCUT2D eigenvalue weighted by Crippen LogP contribution is -2.09. The van der Waals surface area contributed by atoms with Crippen molar-refractivity contribution in [3.63, 3.8) is 0 Å². The predicted octanol–water partition coefficient (Wildman–Crippen LogP) is 5.61. The van der Waals surface area contributed by atoms with Gasteiger partial charge >= 0.3 is 11.9 Å². The summed E-state index contributed by atoms with van der Waals surface area (Å²) in [5, 5.41) is 3.63. The molecule has 0 saturated carbocycles. The second-order valence-electron chi connectivity index (χ2n) is 7.89. The van der Waals surface area contributed by atoms with E-state index in [1.165, 1.54) is 26.2 Å². The molecule has 3 rings (SSSR count). The minimum absolute atomic E-state index is 0.165. The van der Waals surface area contributed by atoms with Crippen LogP contribution in [0.3, 0.4) is 0 Å². The molecule has 3 aromatic rings. The Morgan fingerprint density at radius 2 is 1.27 bits per heavy atom. The van der Waals surface area contributed by atoms with Gasteiger partial charge in [-0.25, -0.2) is 0 Å². The first-order chi connectivity index (χ1) is 16.1. The second-order valence-corrected chi connectivity index (χ2v) is 7.89. The Labute approximate surface area is 194 Å². The summed E-state index contributed by atoms with van der Waals surface area (Å²) in [6.07, 6.45) is 4.78. The van der Waals surface area contributed by atoms with Crippen molar-refractivity contribution in [1.82, 2.24) is 0 Å². The monoisotopic (exact) mass is 452 g/mol. The molecule has 0 aliphatic heterocycles. The molecule has 0 heterocycles. The van der Waals surface area contributed by atoms with E-state index < -0.39 is 0 Å². The Hall–Kier alpha value is -3.28. The predicted molar refractivity (Wildman–Crippen MR) is 129 cm³/mol. The third-order valence-electron chi connectivity index (χ3n) is 5.62. The third-order valence-corrected chi connectivity index (χ3v) is 5.62. The van der Waals surface area contributed by atoms with Crippen LogP contribution in [0.25, 0.3) is 21.5 Å². The number of fused-ring (bicyclic) bond motifs is 2. The molecule has 0 bridgehead atoms. The summed E-state index contributed by atoms with van der Waals surface area (Å²) in [6, 6.07) is 14.2. The quantitative estimate of drug-likeness (QED) is 0.202. The third kappa shape index (κ3) is 6.15. The number of hydrogen-bond donors (Lipinski definition) is 0. The first-order valence-corrected chi connectivity index (χ1v) is 11.5. The number of rotatable bonds is 12. The van der Waals surface area contributed by atoms with E-state index in [4.69, 9.17) is 18.9 Å². The van der Waals surface area contributed by atoms with Crippen molar-refractivity contribution in [2.24, 2.45) is 0 Å². The molecule has 33 heavy (non-hydrogen) atoms. The number of carbonyl (C=O) groups is 2. The Balaban J connectivity index is 2.07. The molecule has 6 nitrogen and oxygen atoms in total. The smallest absolute Gasteiger partial charge is 0.308 e. The van der Waals surface area contributed by atoms with Crippen LogP contribution in [-0.4, -0.2) is 39.4 Å². The van der Waals surface area contributed by atoms with E-state index in [1.807, 2.05) is 24.3 Å². The molecule has 0 aliphatic rings. The van der Waals surface area contributed by atoms with E-state index in [2.05, 4.69) is 25.1 Å².